The van der Waals surface area contributed by atoms with Gasteiger partial charge in [0.25, 0.3) is 0 Å². The fourth-order valence-electron chi connectivity index (χ4n) is 13.0. The first kappa shape index (κ1) is 50.3. The van der Waals surface area contributed by atoms with Crippen molar-refractivity contribution < 1.29 is 0 Å². The highest BCUT2D eigenvalue weighted by Crippen LogP contribution is 2.41. The lowest BCUT2D eigenvalue weighted by atomic mass is 9.95. The third-order valence-corrected chi connectivity index (χ3v) is 16.7. The van der Waals surface area contributed by atoms with Crippen molar-refractivity contribution in [1.29, 1.82) is 0 Å². The van der Waals surface area contributed by atoms with Crippen molar-refractivity contribution in [3.05, 3.63) is 268 Å². The van der Waals surface area contributed by atoms with Gasteiger partial charge in [0.05, 0.1) is 49.7 Å². The molecule has 0 N–H and O–H groups in total. The second kappa shape index (κ2) is 20.8. The second-order valence-corrected chi connectivity index (χ2v) is 21.4. The zero-order valence-electron chi connectivity index (χ0n) is 46.8. The van der Waals surface area contributed by atoms with Crippen LogP contribution in [0.4, 0.5) is 0 Å². The number of hydrogen-bond acceptors (Lipinski definition) is 12. The Balaban J connectivity index is 0.0000000910. The van der Waals surface area contributed by atoms with E-state index < -0.39 is 0 Å². The molecule has 0 amide bonds. The molecule has 0 spiro atoms. The maximum atomic E-state index is 4.64. The Morgan fingerprint density at radius 2 is 0.364 bits per heavy atom. The van der Waals surface area contributed by atoms with E-state index in [1.807, 2.05) is 36.7 Å². The van der Waals surface area contributed by atoms with Gasteiger partial charge in [-0.25, -0.2) is 0 Å². The summed E-state index contributed by atoms with van der Waals surface area (Å²) in [6, 6.07) is 67.4. The van der Waals surface area contributed by atoms with E-state index in [4.69, 9.17) is 0 Å². The summed E-state index contributed by atoms with van der Waals surface area (Å²) in [4.78, 5) is 54.7. The van der Waals surface area contributed by atoms with E-state index in [0.717, 1.165) is 115 Å². The molecule has 0 aliphatic heterocycles. The van der Waals surface area contributed by atoms with Gasteiger partial charge in [-0.3, -0.25) is 59.8 Å². The number of aromatic nitrogens is 12. The van der Waals surface area contributed by atoms with E-state index in [0.29, 0.717) is 0 Å². The molecule has 0 radical (unpaired) electrons. The molecule has 0 aliphatic rings. The van der Waals surface area contributed by atoms with Crippen molar-refractivity contribution in [3.8, 4) is 0 Å². The van der Waals surface area contributed by atoms with Crippen LogP contribution in [0.15, 0.2) is 268 Å². The number of rotatable bonds is 0. The van der Waals surface area contributed by atoms with E-state index >= 15 is 0 Å². The summed E-state index contributed by atoms with van der Waals surface area (Å²) >= 11 is 0. The molecule has 0 bridgehead atoms. The molecule has 20 rings (SSSR count). The van der Waals surface area contributed by atoms with Crippen LogP contribution in [-0.4, -0.2) is 59.8 Å². The number of fused-ring (bicyclic) bond motifs is 32. The van der Waals surface area contributed by atoms with Gasteiger partial charge >= 0.3 is 0 Å². The van der Waals surface area contributed by atoms with E-state index in [9.17, 15) is 0 Å². The van der Waals surface area contributed by atoms with E-state index in [1.54, 1.807) is 62.0 Å². The molecule has 88 heavy (non-hydrogen) atoms. The van der Waals surface area contributed by atoms with E-state index in [1.165, 1.54) is 59.2 Å². The SMILES string of the molecule is c1ccc2c(c1)ccc1c3nccnc3c3ccccc3c21.c1ccc2c(c1)ccc1c3nccnc3c3cccnc3c21.c1ccc2c(c1)ccc1c3nccnc3c3ncccc3c21.c1ccc2c(c1)ccc1c3nccnc3c3nccnc3c21. The first-order chi connectivity index (χ1) is 43.7. The van der Waals surface area contributed by atoms with Gasteiger partial charge in [-0.2, -0.15) is 0 Å². The highest BCUT2D eigenvalue weighted by atomic mass is 14.8. The minimum absolute atomic E-state index is 0.799. The molecule has 0 saturated carbocycles. The first-order valence-electron chi connectivity index (χ1n) is 28.9. The molecule has 0 aliphatic carbocycles. The van der Waals surface area contributed by atoms with Crippen molar-refractivity contribution in [2.45, 2.75) is 0 Å². The monoisotopic (exact) mass is 1120 g/mol. The smallest absolute Gasteiger partial charge is 0.117 e. The van der Waals surface area contributed by atoms with Gasteiger partial charge in [0.1, 0.15) is 16.6 Å². The molecular weight excluding hydrogens is 1080 g/mol. The standard InChI is InChI=1S/C20H12N2.2C19H11N3.C18H10N4/c1-2-6-14-13(5-1)9-10-17-18(14)15-7-3-4-8-16(15)19-20(17)22-12-11-21-19;1-2-5-13-12(4-1)7-8-14-16(13)17-15(6-3-9-20-17)19-18(14)21-10-11-22-19;1-2-5-13-12(4-1)7-8-15-16(13)14-6-3-9-20-17(14)19-18(15)21-10-11-22-19;1-2-4-12-11(3-1)5-6-13-14(12)16-18(22-10-8-20-16)17-15(13)19-7-9-21-17/h1-12H;2*1-11H;1-10H. The summed E-state index contributed by atoms with van der Waals surface area (Å²) in [5.41, 5.74) is 10.8. The van der Waals surface area contributed by atoms with Crippen molar-refractivity contribution in [3.63, 3.8) is 0 Å². The van der Waals surface area contributed by atoms with Gasteiger partial charge in [0, 0.05) is 128 Å². The zero-order valence-corrected chi connectivity index (χ0v) is 46.8. The summed E-state index contributed by atoms with van der Waals surface area (Å²) in [6.07, 6.45) is 21.0. The van der Waals surface area contributed by atoms with Gasteiger partial charge in [-0.1, -0.05) is 176 Å². The molecule has 0 atom stereocenters. The maximum absolute atomic E-state index is 4.64. The predicted octanol–water partition coefficient (Wildman–Crippen LogP) is 17.9. The van der Waals surface area contributed by atoms with E-state index in [2.05, 4.69) is 230 Å². The van der Waals surface area contributed by atoms with Crippen LogP contribution in [0, 0.1) is 0 Å². The van der Waals surface area contributed by atoms with E-state index in [-0.39, 0.29) is 0 Å². The molecular formula is C76H44N12. The minimum atomic E-state index is 0.799. The highest BCUT2D eigenvalue weighted by molar-refractivity contribution is 6.32. The van der Waals surface area contributed by atoms with Crippen LogP contribution in [0.3, 0.4) is 0 Å². The Morgan fingerprint density at radius 1 is 0.125 bits per heavy atom. The number of nitrogens with zero attached hydrogens (tertiary/aromatic N) is 12. The molecule has 0 saturated heterocycles. The minimum Gasteiger partial charge on any atom is -0.256 e. The topological polar surface area (TPSA) is 155 Å². The number of pyridine rings is 2. The summed E-state index contributed by atoms with van der Waals surface area (Å²) in [5.74, 6) is 0. The van der Waals surface area contributed by atoms with Crippen LogP contribution in [0.5, 0.6) is 0 Å². The third kappa shape index (κ3) is 8.08. The van der Waals surface area contributed by atoms with Gasteiger partial charge in [0.15, 0.2) is 0 Å². The molecule has 20 aromatic rings. The molecule has 0 unspecified atom stereocenters. The summed E-state index contributed by atoms with van der Waals surface area (Å²) in [5, 5.41) is 23.5. The normalized spacial score (nSPS) is 11.6. The molecule has 408 valence electrons. The van der Waals surface area contributed by atoms with Crippen LogP contribution >= 0.6 is 0 Å². The quantitative estimate of drug-likeness (QED) is 0.133. The summed E-state index contributed by atoms with van der Waals surface area (Å²) < 4.78 is 0. The average molecular weight is 1130 g/mol. The fourth-order valence-corrected chi connectivity index (χ4v) is 13.0. The summed E-state index contributed by atoms with van der Waals surface area (Å²) in [6.45, 7) is 0. The lowest BCUT2D eigenvalue weighted by molar-refractivity contribution is 1.27. The Hall–Kier alpha value is -12.3. The Labute approximate surface area is 499 Å². The van der Waals surface area contributed by atoms with Crippen LogP contribution in [0.2, 0.25) is 0 Å². The van der Waals surface area contributed by atoms with Gasteiger partial charge in [-0.05, 0) is 72.1 Å². The lowest BCUT2D eigenvalue weighted by Crippen LogP contribution is -1.92. The van der Waals surface area contributed by atoms with Gasteiger partial charge < -0.3 is 0 Å². The molecule has 12 heteroatoms. The van der Waals surface area contributed by atoms with Crippen LogP contribution in [0.1, 0.15) is 0 Å². The molecule has 13 aromatic carbocycles. The molecule has 7 aromatic heterocycles. The van der Waals surface area contributed by atoms with Crippen molar-refractivity contribution in [2.24, 2.45) is 0 Å². The summed E-state index contributed by atoms with van der Waals surface area (Å²) in [7, 11) is 0. The van der Waals surface area contributed by atoms with Crippen LogP contribution < -0.4 is 0 Å². The maximum Gasteiger partial charge on any atom is 0.117 e. The fraction of sp³-hybridized carbons (Fsp3) is 0. The van der Waals surface area contributed by atoms with Crippen LogP contribution in [0.25, 0.3) is 174 Å². The molecule has 0 fully saturated rings. The van der Waals surface area contributed by atoms with Crippen molar-refractivity contribution >= 4 is 174 Å². The Morgan fingerprint density at radius 3 is 0.818 bits per heavy atom. The van der Waals surface area contributed by atoms with Crippen molar-refractivity contribution in [1.82, 2.24) is 59.8 Å². The molecule has 12 nitrogen and oxygen atoms in total. The van der Waals surface area contributed by atoms with Gasteiger partial charge in [0.2, 0.25) is 0 Å². The average Bonchev–Trinajstić information content (AvgIpc) is 0.905. The zero-order chi connectivity index (χ0) is 58.1. The first-order valence-corrected chi connectivity index (χ1v) is 28.9. The number of hydrogen-bond donors (Lipinski definition) is 0. The Bertz CT molecular complexity index is 5300. The largest absolute Gasteiger partial charge is 0.256 e. The predicted molar refractivity (Wildman–Crippen MR) is 359 cm³/mol. The highest BCUT2D eigenvalue weighted by Gasteiger charge is 2.18. The lowest BCUT2D eigenvalue weighted by Gasteiger charge is -2.11. The number of benzene rings is 13. The van der Waals surface area contributed by atoms with Gasteiger partial charge in [-0.15, -0.1) is 0 Å². The van der Waals surface area contributed by atoms with Crippen molar-refractivity contribution in [2.75, 3.05) is 0 Å². The molecule has 7 heterocycles. The van der Waals surface area contributed by atoms with Crippen LogP contribution in [-0.2, 0) is 0 Å². The Kier molecular flexibility index (Phi) is 11.9. The third-order valence-electron chi connectivity index (χ3n) is 16.7. The second-order valence-electron chi connectivity index (χ2n) is 21.4.